The molecule has 0 spiro atoms. The fraction of sp³-hybridized carbons (Fsp3) is 0.286. The van der Waals surface area contributed by atoms with Crippen LogP contribution in [0.2, 0.25) is 0 Å². The van der Waals surface area contributed by atoms with Gasteiger partial charge in [0.2, 0.25) is 0 Å². The predicted octanol–water partition coefficient (Wildman–Crippen LogP) is 2.94. The Balaban J connectivity index is 2.71. The first-order valence-electron chi connectivity index (χ1n) is 2.94. The first-order valence-corrected chi connectivity index (χ1v) is 4.94. The largest absolute Gasteiger partial charge is 0.253 e. The molecule has 54 valence electrons. The molecular weight excluding hydrogens is 210 g/mol. The summed E-state index contributed by atoms with van der Waals surface area (Å²) in [4.78, 5) is 5.19. The fourth-order valence-corrected chi connectivity index (χ4v) is 1.37. The zero-order chi connectivity index (χ0) is 7.40. The van der Waals surface area contributed by atoms with Crippen LogP contribution in [0, 0.1) is 0 Å². The van der Waals surface area contributed by atoms with Crippen molar-refractivity contribution >= 4 is 33.3 Å². The second kappa shape index (κ2) is 3.88. The highest BCUT2D eigenvalue weighted by Crippen LogP contribution is 2.11. The molecule has 0 radical (unpaired) electrons. The molecule has 0 unspecified atom stereocenters. The number of nitrogens with zero attached hydrogens (tertiary/aromatic N) is 1. The summed E-state index contributed by atoms with van der Waals surface area (Å²) >= 11 is 5.03. The number of aromatic nitrogens is 1. The number of halogens is 1. The molecular formula is C7H8BrNS. The van der Waals surface area contributed by atoms with Gasteiger partial charge in [-0.2, -0.15) is 0 Å². The molecule has 3 heteroatoms. The monoisotopic (exact) mass is 217 g/mol. The van der Waals surface area contributed by atoms with Crippen molar-refractivity contribution in [2.75, 3.05) is 5.33 Å². The summed E-state index contributed by atoms with van der Waals surface area (Å²) in [6.45, 7) is 2.09. The average Bonchev–Trinajstić information content (AvgIpc) is 2.40. The van der Waals surface area contributed by atoms with Crippen molar-refractivity contribution in [1.29, 1.82) is 0 Å². The summed E-state index contributed by atoms with van der Waals surface area (Å²) in [6.07, 6.45) is 4.00. The Morgan fingerprint density at radius 1 is 1.90 bits per heavy atom. The van der Waals surface area contributed by atoms with Gasteiger partial charge in [-0.05, 0) is 13.0 Å². The topological polar surface area (TPSA) is 12.9 Å². The van der Waals surface area contributed by atoms with Crippen molar-refractivity contribution in [3.63, 3.8) is 0 Å². The maximum absolute atomic E-state index is 3.97. The summed E-state index contributed by atoms with van der Waals surface area (Å²) in [5, 5.41) is 0.935. The number of hydrogen-bond acceptors (Lipinski definition) is 2. The highest BCUT2D eigenvalue weighted by Gasteiger charge is 1.89. The van der Waals surface area contributed by atoms with Gasteiger partial charge < -0.3 is 0 Å². The average molecular weight is 218 g/mol. The maximum Gasteiger partial charge on any atom is 0.0797 e. The molecule has 0 amide bonds. The number of hydrogen-bond donors (Lipinski definition) is 0. The molecule has 1 heterocycles. The van der Waals surface area contributed by atoms with E-state index in [2.05, 4.69) is 33.9 Å². The highest BCUT2D eigenvalue weighted by molar-refractivity contribution is 9.09. The van der Waals surface area contributed by atoms with E-state index in [1.165, 1.54) is 10.5 Å². The first-order chi connectivity index (χ1) is 4.83. The van der Waals surface area contributed by atoms with Crippen LogP contribution in [0.4, 0.5) is 0 Å². The molecule has 0 fully saturated rings. The summed E-state index contributed by atoms with van der Waals surface area (Å²) in [6, 6.07) is 0. The van der Waals surface area contributed by atoms with E-state index in [1.54, 1.807) is 11.3 Å². The molecule has 1 aromatic rings. The van der Waals surface area contributed by atoms with Crippen molar-refractivity contribution in [1.82, 2.24) is 4.98 Å². The Hall–Kier alpha value is -0.150. The lowest BCUT2D eigenvalue weighted by Gasteiger charge is -1.88. The van der Waals surface area contributed by atoms with Gasteiger partial charge in [-0.3, -0.25) is 4.98 Å². The Labute approximate surface area is 72.9 Å². The van der Waals surface area contributed by atoms with Crippen LogP contribution in [0.15, 0.2) is 17.3 Å². The van der Waals surface area contributed by atoms with Crippen LogP contribution in [-0.4, -0.2) is 10.3 Å². The molecule has 0 saturated carbocycles. The number of thiazole rings is 1. The van der Waals surface area contributed by atoms with Gasteiger partial charge in [-0.25, -0.2) is 0 Å². The molecule has 0 saturated heterocycles. The molecule has 0 aliphatic heterocycles. The number of rotatable bonds is 2. The van der Waals surface area contributed by atoms with Gasteiger partial charge in [-0.15, -0.1) is 11.3 Å². The zero-order valence-electron chi connectivity index (χ0n) is 5.67. The molecule has 0 atom stereocenters. The van der Waals surface area contributed by atoms with Crippen LogP contribution in [0.5, 0.6) is 0 Å². The van der Waals surface area contributed by atoms with Crippen LogP contribution in [0.1, 0.15) is 11.8 Å². The number of allylic oxidation sites excluding steroid dienone is 1. The quantitative estimate of drug-likeness (QED) is 0.695. The molecule has 0 aromatic carbocycles. The SMILES string of the molecule is CC(=Cc1cncs1)CBr. The minimum atomic E-state index is 0.935. The fourth-order valence-electron chi connectivity index (χ4n) is 0.578. The predicted molar refractivity (Wildman–Crippen MR) is 49.6 cm³/mol. The van der Waals surface area contributed by atoms with Crippen molar-refractivity contribution in [2.24, 2.45) is 0 Å². The summed E-state index contributed by atoms with van der Waals surface area (Å²) in [5.74, 6) is 0. The van der Waals surface area contributed by atoms with Gasteiger partial charge in [-0.1, -0.05) is 21.5 Å². The first kappa shape index (κ1) is 7.95. The minimum Gasteiger partial charge on any atom is -0.253 e. The lowest BCUT2D eigenvalue weighted by Crippen LogP contribution is -1.72. The Morgan fingerprint density at radius 2 is 2.70 bits per heavy atom. The second-order valence-corrected chi connectivity index (χ2v) is 3.51. The molecule has 1 rings (SSSR count). The van der Waals surface area contributed by atoms with E-state index < -0.39 is 0 Å². The third kappa shape index (κ3) is 2.23. The van der Waals surface area contributed by atoms with E-state index in [0.29, 0.717) is 0 Å². The van der Waals surface area contributed by atoms with Gasteiger partial charge in [0.1, 0.15) is 0 Å². The summed E-state index contributed by atoms with van der Waals surface area (Å²) < 4.78 is 0. The number of alkyl halides is 1. The molecule has 10 heavy (non-hydrogen) atoms. The smallest absolute Gasteiger partial charge is 0.0797 e. The standard InChI is InChI=1S/C7H8BrNS/c1-6(3-8)2-7-4-9-5-10-7/h2,4-5H,3H2,1H3. The van der Waals surface area contributed by atoms with Crippen LogP contribution < -0.4 is 0 Å². The van der Waals surface area contributed by atoms with Gasteiger partial charge >= 0.3 is 0 Å². The molecule has 1 nitrogen and oxygen atoms in total. The Morgan fingerprint density at radius 3 is 3.20 bits per heavy atom. The van der Waals surface area contributed by atoms with Gasteiger partial charge in [0.05, 0.1) is 5.51 Å². The third-order valence-corrected chi connectivity index (χ3v) is 2.66. The molecule has 1 aromatic heterocycles. The van der Waals surface area contributed by atoms with E-state index in [0.717, 1.165) is 5.33 Å². The summed E-state index contributed by atoms with van der Waals surface area (Å²) in [5.41, 5.74) is 3.16. The molecule has 0 bridgehead atoms. The van der Waals surface area contributed by atoms with E-state index in [9.17, 15) is 0 Å². The highest BCUT2D eigenvalue weighted by atomic mass is 79.9. The maximum atomic E-state index is 3.97. The summed E-state index contributed by atoms with van der Waals surface area (Å²) in [7, 11) is 0. The van der Waals surface area contributed by atoms with Gasteiger partial charge in [0, 0.05) is 16.4 Å². The van der Waals surface area contributed by atoms with E-state index in [4.69, 9.17) is 0 Å². The molecule has 0 aliphatic carbocycles. The lowest BCUT2D eigenvalue weighted by atomic mass is 10.3. The Bertz CT molecular complexity index is 216. The zero-order valence-corrected chi connectivity index (χ0v) is 8.08. The van der Waals surface area contributed by atoms with Crippen molar-refractivity contribution in [2.45, 2.75) is 6.92 Å². The van der Waals surface area contributed by atoms with E-state index in [-0.39, 0.29) is 0 Å². The van der Waals surface area contributed by atoms with Crippen LogP contribution in [-0.2, 0) is 0 Å². The molecule has 0 N–H and O–H groups in total. The van der Waals surface area contributed by atoms with Crippen molar-refractivity contribution in [3.8, 4) is 0 Å². The van der Waals surface area contributed by atoms with Gasteiger partial charge in [0.15, 0.2) is 0 Å². The Kier molecular flexibility index (Phi) is 3.09. The van der Waals surface area contributed by atoms with Crippen LogP contribution in [0.25, 0.3) is 6.08 Å². The van der Waals surface area contributed by atoms with Crippen LogP contribution >= 0.6 is 27.3 Å². The van der Waals surface area contributed by atoms with E-state index in [1.807, 2.05) is 11.7 Å². The van der Waals surface area contributed by atoms with Crippen molar-refractivity contribution in [3.05, 3.63) is 22.2 Å². The third-order valence-electron chi connectivity index (χ3n) is 1.05. The lowest BCUT2D eigenvalue weighted by molar-refractivity contribution is 1.41. The van der Waals surface area contributed by atoms with Gasteiger partial charge in [0.25, 0.3) is 0 Å². The van der Waals surface area contributed by atoms with E-state index >= 15 is 0 Å². The van der Waals surface area contributed by atoms with Crippen LogP contribution in [0.3, 0.4) is 0 Å². The molecule has 0 aliphatic rings. The van der Waals surface area contributed by atoms with Crippen molar-refractivity contribution < 1.29 is 0 Å². The second-order valence-electron chi connectivity index (χ2n) is 2.03. The normalized spacial score (nSPS) is 12.0. The minimum absolute atomic E-state index is 0.935.